The van der Waals surface area contributed by atoms with E-state index in [1.54, 1.807) is 24.3 Å². The number of imidazole rings is 1. The normalized spacial score (nSPS) is 11.4. The van der Waals surface area contributed by atoms with Crippen LogP contribution in [0.3, 0.4) is 0 Å². The Morgan fingerprint density at radius 1 is 0.757 bits per heavy atom. The Morgan fingerprint density at radius 2 is 1.27 bits per heavy atom. The van der Waals surface area contributed by atoms with Gasteiger partial charge in [-0.25, -0.2) is 4.98 Å². The number of nitrogens with one attached hydrogen (secondary N) is 1. The standard InChI is InChI=1S/C31H28N4O2/c36-35(37)29-18-16-25(17-19-29)23-34-24-32-22-30(34)20-21-33-31(26-10-4-1-5-11-26,27-12-6-2-7-13-27)28-14-8-3-9-15-28/h1-19,22,24,33H,20-21,23H2. The average molecular weight is 489 g/mol. The van der Waals surface area contributed by atoms with Crippen LogP contribution in [0.15, 0.2) is 128 Å². The van der Waals surface area contributed by atoms with Crippen molar-refractivity contribution in [1.82, 2.24) is 14.9 Å². The van der Waals surface area contributed by atoms with Crippen molar-refractivity contribution in [3.05, 3.63) is 166 Å². The van der Waals surface area contributed by atoms with Gasteiger partial charge in [0.15, 0.2) is 0 Å². The second-order valence-electron chi connectivity index (χ2n) is 8.96. The molecule has 0 aliphatic rings. The average Bonchev–Trinajstić information content (AvgIpc) is 3.39. The summed E-state index contributed by atoms with van der Waals surface area (Å²) in [6.07, 6.45) is 4.47. The number of benzene rings is 4. The minimum Gasteiger partial charge on any atom is -0.330 e. The van der Waals surface area contributed by atoms with Crippen LogP contribution in [0.2, 0.25) is 0 Å². The maximum Gasteiger partial charge on any atom is 0.269 e. The molecule has 0 aliphatic heterocycles. The molecule has 0 bridgehead atoms. The first kappa shape index (κ1) is 24.2. The highest BCUT2D eigenvalue weighted by atomic mass is 16.6. The van der Waals surface area contributed by atoms with Gasteiger partial charge in [0.1, 0.15) is 0 Å². The Labute approximate surface area is 216 Å². The van der Waals surface area contributed by atoms with Crippen LogP contribution in [0.4, 0.5) is 5.69 Å². The Bertz CT molecular complexity index is 1340. The highest BCUT2D eigenvalue weighted by Crippen LogP contribution is 2.36. The number of rotatable bonds is 10. The maximum atomic E-state index is 11.0. The number of hydrogen-bond acceptors (Lipinski definition) is 4. The largest absolute Gasteiger partial charge is 0.330 e. The number of nitrogens with zero attached hydrogens (tertiary/aromatic N) is 3. The van der Waals surface area contributed by atoms with Gasteiger partial charge in [0.05, 0.1) is 16.8 Å². The van der Waals surface area contributed by atoms with Crippen LogP contribution in [0.5, 0.6) is 0 Å². The first-order chi connectivity index (χ1) is 18.2. The van der Waals surface area contributed by atoms with Crippen LogP contribution in [0.25, 0.3) is 0 Å². The van der Waals surface area contributed by atoms with Crippen molar-refractivity contribution in [1.29, 1.82) is 0 Å². The molecule has 6 nitrogen and oxygen atoms in total. The number of nitro groups is 1. The maximum absolute atomic E-state index is 11.0. The summed E-state index contributed by atoms with van der Waals surface area (Å²) >= 11 is 0. The summed E-state index contributed by atoms with van der Waals surface area (Å²) in [6.45, 7) is 1.32. The second kappa shape index (κ2) is 11.0. The second-order valence-corrected chi connectivity index (χ2v) is 8.96. The summed E-state index contributed by atoms with van der Waals surface area (Å²) in [5.74, 6) is 0. The molecule has 1 aromatic heterocycles. The molecular weight excluding hydrogens is 460 g/mol. The van der Waals surface area contributed by atoms with Gasteiger partial charge >= 0.3 is 0 Å². The van der Waals surface area contributed by atoms with E-state index in [1.165, 1.54) is 16.7 Å². The summed E-state index contributed by atoms with van der Waals surface area (Å²) in [6, 6.07) is 38.3. The predicted octanol–water partition coefficient (Wildman–Crippen LogP) is 5.96. The third kappa shape index (κ3) is 5.20. The van der Waals surface area contributed by atoms with Crippen molar-refractivity contribution in [2.24, 2.45) is 0 Å². The summed E-state index contributed by atoms with van der Waals surface area (Å²) in [4.78, 5) is 15.0. The van der Waals surface area contributed by atoms with E-state index in [2.05, 4.69) is 87.7 Å². The summed E-state index contributed by atoms with van der Waals surface area (Å²) in [5.41, 5.74) is 5.18. The van der Waals surface area contributed by atoms with E-state index in [4.69, 9.17) is 0 Å². The van der Waals surface area contributed by atoms with Crippen molar-refractivity contribution in [3.8, 4) is 0 Å². The topological polar surface area (TPSA) is 73.0 Å². The molecule has 0 radical (unpaired) electrons. The van der Waals surface area contributed by atoms with Crippen LogP contribution in [0.1, 0.15) is 27.9 Å². The monoisotopic (exact) mass is 488 g/mol. The lowest BCUT2D eigenvalue weighted by atomic mass is 9.77. The van der Waals surface area contributed by atoms with E-state index >= 15 is 0 Å². The molecule has 0 spiro atoms. The minimum absolute atomic E-state index is 0.0953. The third-order valence-corrected chi connectivity index (χ3v) is 6.69. The van der Waals surface area contributed by atoms with Crippen molar-refractivity contribution in [2.75, 3.05) is 6.54 Å². The van der Waals surface area contributed by atoms with E-state index in [0.29, 0.717) is 13.1 Å². The molecule has 6 heteroatoms. The summed E-state index contributed by atoms with van der Waals surface area (Å²) < 4.78 is 2.10. The summed E-state index contributed by atoms with van der Waals surface area (Å²) in [7, 11) is 0. The van der Waals surface area contributed by atoms with Crippen LogP contribution < -0.4 is 5.32 Å². The highest BCUT2D eigenvalue weighted by Gasteiger charge is 2.35. The lowest BCUT2D eigenvalue weighted by Gasteiger charge is -2.37. The van der Waals surface area contributed by atoms with Crippen molar-refractivity contribution >= 4 is 5.69 Å². The van der Waals surface area contributed by atoms with E-state index in [0.717, 1.165) is 17.7 Å². The lowest BCUT2D eigenvalue weighted by Crippen LogP contribution is -2.45. The molecule has 0 unspecified atom stereocenters. The zero-order valence-electron chi connectivity index (χ0n) is 20.4. The van der Waals surface area contributed by atoms with Gasteiger partial charge in [-0.1, -0.05) is 103 Å². The van der Waals surface area contributed by atoms with Crippen LogP contribution >= 0.6 is 0 Å². The van der Waals surface area contributed by atoms with Gasteiger partial charge in [0.25, 0.3) is 5.69 Å². The molecule has 0 aliphatic carbocycles. The predicted molar refractivity (Wildman–Crippen MR) is 145 cm³/mol. The zero-order valence-corrected chi connectivity index (χ0v) is 20.4. The lowest BCUT2D eigenvalue weighted by molar-refractivity contribution is -0.384. The van der Waals surface area contributed by atoms with E-state index in [9.17, 15) is 10.1 Å². The molecule has 37 heavy (non-hydrogen) atoms. The fourth-order valence-electron chi connectivity index (χ4n) is 4.87. The molecule has 1 N–H and O–H groups in total. The minimum atomic E-state index is -0.521. The molecule has 0 saturated heterocycles. The Hall–Kier alpha value is -4.55. The van der Waals surface area contributed by atoms with Gasteiger partial charge < -0.3 is 4.57 Å². The number of aromatic nitrogens is 2. The molecule has 5 aromatic rings. The van der Waals surface area contributed by atoms with E-state index in [-0.39, 0.29) is 10.6 Å². The van der Waals surface area contributed by atoms with Gasteiger partial charge in [-0.2, -0.15) is 0 Å². The van der Waals surface area contributed by atoms with Crippen molar-refractivity contribution < 1.29 is 4.92 Å². The van der Waals surface area contributed by atoms with Gasteiger partial charge in [-0.15, -0.1) is 0 Å². The number of non-ortho nitro benzene ring substituents is 1. The molecule has 184 valence electrons. The molecule has 0 fully saturated rings. The number of hydrogen-bond donors (Lipinski definition) is 1. The molecule has 0 atom stereocenters. The molecule has 0 amide bonds. The van der Waals surface area contributed by atoms with Gasteiger partial charge in [-0.3, -0.25) is 15.4 Å². The van der Waals surface area contributed by atoms with Crippen LogP contribution in [-0.2, 0) is 18.5 Å². The Morgan fingerprint density at radius 3 is 1.76 bits per heavy atom. The third-order valence-electron chi connectivity index (χ3n) is 6.69. The molecular formula is C31H28N4O2. The fourth-order valence-corrected chi connectivity index (χ4v) is 4.87. The quantitative estimate of drug-likeness (QED) is 0.149. The van der Waals surface area contributed by atoms with Crippen LogP contribution in [0, 0.1) is 10.1 Å². The molecule has 1 heterocycles. The van der Waals surface area contributed by atoms with Gasteiger partial charge in [0, 0.05) is 43.5 Å². The van der Waals surface area contributed by atoms with Gasteiger partial charge in [0.2, 0.25) is 0 Å². The number of nitro benzene ring substituents is 1. The summed E-state index contributed by atoms with van der Waals surface area (Å²) in [5, 5.41) is 14.9. The molecule has 0 saturated carbocycles. The van der Waals surface area contributed by atoms with Gasteiger partial charge in [-0.05, 0) is 22.3 Å². The highest BCUT2D eigenvalue weighted by molar-refractivity contribution is 5.49. The van der Waals surface area contributed by atoms with E-state index < -0.39 is 5.54 Å². The van der Waals surface area contributed by atoms with E-state index in [1.807, 2.05) is 30.7 Å². The van der Waals surface area contributed by atoms with Crippen molar-refractivity contribution in [3.63, 3.8) is 0 Å². The SMILES string of the molecule is O=[N+]([O-])c1ccc(Cn2cncc2CCNC(c2ccccc2)(c2ccccc2)c2ccccc2)cc1. The molecule has 4 aromatic carbocycles. The Balaban J connectivity index is 1.42. The zero-order chi connectivity index (χ0) is 25.5. The smallest absolute Gasteiger partial charge is 0.269 e. The fraction of sp³-hybridized carbons (Fsp3) is 0.129. The molecule has 5 rings (SSSR count). The van der Waals surface area contributed by atoms with Crippen LogP contribution in [-0.4, -0.2) is 21.0 Å². The Kier molecular flexibility index (Phi) is 7.19. The first-order valence-corrected chi connectivity index (χ1v) is 12.3. The first-order valence-electron chi connectivity index (χ1n) is 12.3. The van der Waals surface area contributed by atoms with Crippen molar-refractivity contribution in [2.45, 2.75) is 18.5 Å².